The second-order valence-corrected chi connectivity index (χ2v) is 14.4. The first-order valence-electron chi connectivity index (χ1n) is 19.2. The molecule has 0 aliphatic rings. The molecule has 2 aromatic heterocycles. The number of nitrogens with zero attached hydrogens (tertiary/aromatic N) is 3. The lowest BCUT2D eigenvalue weighted by atomic mass is 9.94. The van der Waals surface area contributed by atoms with E-state index < -0.39 is 0 Å². The Hall–Kier alpha value is -7.69. The van der Waals surface area contributed by atoms with Gasteiger partial charge in [0.1, 0.15) is 11.2 Å². The minimum Gasteiger partial charge on any atom is -0.456 e. The van der Waals surface area contributed by atoms with Crippen molar-refractivity contribution in [3.8, 4) is 67.5 Å². The van der Waals surface area contributed by atoms with Gasteiger partial charge >= 0.3 is 0 Å². The summed E-state index contributed by atoms with van der Waals surface area (Å²) in [6.45, 7) is 0. The summed E-state index contributed by atoms with van der Waals surface area (Å²) < 4.78 is 6.43. The summed E-state index contributed by atoms with van der Waals surface area (Å²) in [5.41, 5.74) is 11.4. The van der Waals surface area contributed by atoms with Gasteiger partial charge in [-0.3, -0.25) is 0 Å². The molecule has 57 heavy (non-hydrogen) atoms. The number of hydrogen-bond acceptors (Lipinski definition) is 4. The molecule has 0 amide bonds. The van der Waals surface area contributed by atoms with Gasteiger partial charge in [-0.05, 0) is 91.3 Å². The third-order valence-corrected chi connectivity index (χ3v) is 10.9. The van der Waals surface area contributed by atoms with Crippen LogP contribution in [-0.2, 0) is 0 Å². The fourth-order valence-electron chi connectivity index (χ4n) is 7.96. The van der Waals surface area contributed by atoms with Crippen LogP contribution in [0.15, 0.2) is 205 Å². The Labute approximate surface area is 329 Å². The number of para-hydroxylation sites is 1. The highest BCUT2D eigenvalue weighted by Crippen LogP contribution is 2.40. The second-order valence-electron chi connectivity index (χ2n) is 14.4. The average Bonchev–Trinajstić information content (AvgIpc) is 3.67. The summed E-state index contributed by atoms with van der Waals surface area (Å²) in [6.07, 6.45) is 0. The van der Waals surface area contributed by atoms with Gasteiger partial charge in [-0.1, -0.05) is 164 Å². The van der Waals surface area contributed by atoms with Gasteiger partial charge in [0.15, 0.2) is 17.5 Å². The van der Waals surface area contributed by atoms with E-state index >= 15 is 0 Å². The van der Waals surface area contributed by atoms with Crippen LogP contribution in [-0.4, -0.2) is 15.0 Å². The van der Waals surface area contributed by atoms with Crippen LogP contribution in [0.2, 0.25) is 0 Å². The molecule has 0 unspecified atom stereocenters. The molecule has 0 atom stereocenters. The maximum Gasteiger partial charge on any atom is 0.164 e. The van der Waals surface area contributed by atoms with E-state index in [4.69, 9.17) is 19.4 Å². The van der Waals surface area contributed by atoms with Crippen LogP contribution in [0, 0.1) is 0 Å². The molecule has 11 aromatic rings. The lowest BCUT2D eigenvalue weighted by Crippen LogP contribution is -2.00. The van der Waals surface area contributed by atoms with E-state index in [0.717, 1.165) is 77.0 Å². The van der Waals surface area contributed by atoms with Crippen LogP contribution in [0.25, 0.3) is 111 Å². The zero-order valence-electron chi connectivity index (χ0n) is 30.8. The van der Waals surface area contributed by atoms with Gasteiger partial charge in [0.2, 0.25) is 0 Å². The van der Waals surface area contributed by atoms with E-state index in [9.17, 15) is 0 Å². The van der Waals surface area contributed by atoms with Gasteiger partial charge in [0.05, 0.1) is 0 Å². The summed E-state index contributed by atoms with van der Waals surface area (Å²) in [6, 6.07) is 70.0. The van der Waals surface area contributed by atoms with Crippen LogP contribution < -0.4 is 0 Å². The van der Waals surface area contributed by atoms with Crippen molar-refractivity contribution in [2.45, 2.75) is 0 Å². The van der Waals surface area contributed by atoms with Crippen molar-refractivity contribution in [2.75, 3.05) is 0 Å². The molecule has 0 spiro atoms. The smallest absolute Gasteiger partial charge is 0.164 e. The number of hydrogen-bond donors (Lipinski definition) is 0. The minimum atomic E-state index is 0.617. The Morgan fingerprint density at radius 3 is 1.44 bits per heavy atom. The highest BCUT2D eigenvalue weighted by molar-refractivity contribution is 6.13. The largest absolute Gasteiger partial charge is 0.456 e. The molecule has 266 valence electrons. The Kier molecular flexibility index (Phi) is 7.78. The standard InChI is InChI=1S/C53H33N3O/c1-3-11-34(12-4-1)40-24-25-42-31-44(28-26-41(42)29-40)53-55-51(54-52(56-53)43-27-19-36-15-7-8-16-39(36)30-43)38-22-20-37(21-23-38)47-32-45(35-13-5-2-6-14-35)33-49-50(47)46-17-9-10-18-48(46)57-49/h1-33H. The number of rotatable bonds is 6. The fourth-order valence-corrected chi connectivity index (χ4v) is 7.96. The molecule has 9 aromatic carbocycles. The predicted molar refractivity (Wildman–Crippen MR) is 235 cm³/mol. The van der Waals surface area contributed by atoms with Gasteiger partial charge in [-0.15, -0.1) is 0 Å². The monoisotopic (exact) mass is 727 g/mol. The van der Waals surface area contributed by atoms with E-state index in [1.807, 2.05) is 24.3 Å². The Bertz CT molecular complexity index is 3280. The van der Waals surface area contributed by atoms with Crippen LogP contribution in [0.1, 0.15) is 0 Å². The number of fused-ring (bicyclic) bond motifs is 5. The van der Waals surface area contributed by atoms with Crippen molar-refractivity contribution in [1.82, 2.24) is 15.0 Å². The molecule has 2 heterocycles. The quantitative estimate of drug-likeness (QED) is 0.171. The summed E-state index contributed by atoms with van der Waals surface area (Å²) in [7, 11) is 0. The van der Waals surface area contributed by atoms with E-state index in [-0.39, 0.29) is 0 Å². The number of furan rings is 1. The lowest BCUT2D eigenvalue weighted by Gasteiger charge is -2.11. The summed E-state index contributed by atoms with van der Waals surface area (Å²) >= 11 is 0. The highest BCUT2D eigenvalue weighted by atomic mass is 16.3. The summed E-state index contributed by atoms with van der Waals surface area (Å²) in [5.74, 6) is 1.88. The topological polar surface area (TPSA) is 51.8 Å². The summed E-state index contributed by atoms with van der Waals surface area (Å²) in [5, 5.41) is 6.80. The first-order chi connectivity index (χ1) is 28.2. The number of benzene rings is 9. The van der Waals surface area contributed by atoms with Gasteiger partial charge < -0.3 is 4.42 Å². The molecule has 0 aliphatic heterocycles. The average molecular weight is 728 g/mol. The zero-order chi connectivity index (χ0) is 37.7. The minimum absolute atomic E-state index is 0.617. The third-order valence-electron chi connectivity index (χ3n) is 10.9. The van der Waals surface area contributed by atoms with Crippen molar-refractivity contribution in [1.29, 1.82) is 0 Å². The molecule has 4 heteroatoms. The molecule has 0 aliphatic carbocycles. The zero-order valence-corrected chi connectivity index (χ0v) is 30.8. The Balaban J connectivity index is 1.04. The van der Waals surface area contributed by atoms with E-state index in [1.165, 1.54) is 16.5 Å². The van der Waals surface area contributed by atoms with E-state index in [1.54, 1.807) is 0 Å². The van der Waals surface area contributed by atoms with Crippen molar-refractivity contribution < 1.29 is 4.42 Å². The van der Waals surface area contributed by atoms with Gasteiger partial charge in [0, 0.05) is 27.5 Å². The third kappa shape index (κ3) is 6.01. The number of aromatic nitrogens is 3. The van der Waals surface area contributed by atoms with E-state index in [2.05, 4.69) is 176 Å². The van der Waals surface area contributed by atoms with Crippen LogP contribution in [0.5, 0.6) is 0 Å². The van der Waals surface area contributed by atoms with Crippen molar-refractivity contribution in [3.63, 3.8) is 0 Å². The first-order valence-corrected chi connectivity index (χ1v) is 19.2. The normalized spacial score (nSPS) is 11.5. The molecule has 0 saturated carbocycles. The van der Waals surface area contributed by atoms with Gasteiger partial charge in [-0.2, -0.15) is 0 Å². The van der Waals surface area contributed by atoms with Gasteiger partial charge in [-0.25, -0.2) is 15.0 Å². The predicted octanol–water partition coefficient (Wildman–Crippen LogP) is 14.1. The Morgan fingerprint density at radius 2 is 0.754 bits per heavy atom. The molecular formula is C53H33N3O. The molecule has 0 fully saturated rings. The molecule has 4 nitrogen and oxygen atoms in total. The maximum absolute atomic E-state index is 6.43. The van der Waals surface area contributed by atoms with Gasteiger partial charge in [0.25, 0.3) is 0 Å². The van der Waals surface area contributed by atoms with Crippen LogP contribution in [0.4, 0.5) is 0 Å². The molecule has 11 rings (SSSR count). The van der Waals surface area contributed by atoms with Crippen molar-refractivity contribution >= 4 is 43.5 Å². The molecular weight excluding hydrogens is 695 g/mol. The molecule has 0 saturated heterocycles. The second kappa shape index (κ2) is 13.6. The SMILES string of the molecule is c1ccc(-c2ccc3cc(-c4nc(-c5ccc(-c6cc(-c7ccccc7)cc7oc8ccccc8c67)cc5)nc(-c5ccc6ccccc6c5)n4)ccc3c2)cc1. The molecule has 0 radical (unpaired) electrons. The lowest BCUT2D eigenvalue weighted by molar-refractivity contribution is 0.669. The van der Waals surface area contributed by atoms with Crippen molar-refractivity contribution in [3.05, 3.63) is 200 Å². The summed E-state index contributed by atoms with van der Waals surface area (Å²) in [4.78, 5) is 15.4. The van der Waals surface area contributed by atoms with Crippen molar-refractivity contribution in [2.24, 2.45) is 0 Å². The molecule has 0 N–H and O–H groups in total. The van der Waals surface area contributed by atoms with Crippen LogP contribution >= 0.6 is 0 Å². The maximum atomic E-state index is 6.43. The fraction of sp³-hybridized carbons (Fsp3) is 0. The van der Waals surface area contributed by atoms with E-state index in [0.29, 0.717) is 17.5 Å². The molecule has 0 bridgehead atoms. The highest BCUT2D eigenvalue weighted by Gasteiger charge is 2.17. The first kappa shape index (κ1) is 32.7. The van der Waals surface area contributed by atoms with Crippen LogP contribution in [0.3, 0.4) is 0 Å². The Morgan fingerprint density at radius 1 is 0.281 bits per heavy atom.